The largest absolute Gasteiger partial charge is 0.321 e. The smallest absolute Gasteiger partial charge is 0.266 e. The number of carbonyl (C=O) groups is 1. The molecule has 0 fully saturated rings. The van der Waals surface area contributed by atoms with Gasteiger partial charge in [-0.3, -0.25) is 4.79 Å². The van der Waals surface area contributed by atoms with Crippen molar-refractivity contribution in [1.82, 2.24) is 4.57 Å². The lowest BCUT2D eigenvalue weighted by Gasteiger charge is -2.12. The average Bonchev–Trinajstić information content (AvgIpc) is 2.98. The van der Waals surface area contributed by atoms with Gasteiger partial charge in [0.15, 0.2) is 0 Å². The van der Waals surface area contributed by atoms with Crippen LogP contribution in [0.3, 0.4) is 0 Å². The molecule has 0 spiro atoms. The molecular weight excluding hydrogens is 441 g/mol. The fourth-order valence-electron chi connectivity index (χ4n) is 3.20. The van der Waals surface area contributed by atoms with Crippen molar-refractivity contribution in [1.29, 1.82) is 5.26 Å². The molecule has 0 aliphatic carbocycles. The summed E-state index contributed by atoms with van der Waals surface area (Å²) in [5.41, 5.74) is 4.46. The third-order valence-corrected chi connectivity index (χ3v) is 5.76. The van der Waals surface area contributed by atoms with Gasteiger partial charge in [-0.05, 0) is 74.4 Å². The molecule has 0 saturated heterocycles. The second kappa shape index (κ2) is 8.97. The molecular formula is C23H18Cl3N3O. The minimum Gasteiger partial charge on any atom is -0.321 e. The van der Waals surface area contributed by atoms with Crippen LogP contribution in [0.25, 0.3) is 11.8 Å². The van der Waals surface area contributed by atoms with Crippen molar-refractivity contribution in [2.24, 2.45) is 0 Å². The van der Waals surface area contributed by atoms with Gasteiger partial charge in [-0.25, -0.2) is 0 Å². The van der Waals surface area contributed by atoms with E-state index in [1.165, 1.54) is 0 Å². The van der Waals surface area contributed by atoms with Crippen LogP contribution in [0.2, 0.25) is 15.1 Å². The third-order valence-electron chi connectivity index (χ3n) is 4.80. The molecule has 7 heteroatoms. The first-order valence-electron chi connectivity index (χ1n) is 9.05. The van der Waals surface area contributed by atoms with Crippen molar-refractivity contribution >= 4 is 52.5 Å². The monoisotopic (exact) mass is 457 g/mol. The average molecular weight is 459 g/mol. The van der Waals surface area contributed by atoms with E-state index in [-0.39, 0.29) is 5.57 Å². The summed E-state index contributed by atoms with van der Waals surface area (Å²) >= 11 is 18.6. The van der Waals surface area contributed by atoms with Crippen LogP contribution in [-0.2, 0) is 4.79 Å². The fraction of sp³-hybridized carbons (Fsp3) is 0.130. The summed E-state index contributed by atoms with van der Waals surface area (Å²) in [5.74, 6) is -0.506. The van der Waals surface area contributed by atoms with E-state index in [0.29, 0.717) is 20.8 Å². The first kappa shape index (κ1) is 22.0. The maximum atomic E-state index is 12.7. The Morgan fingerprint density at radius 1 is 1.07 bits per heavy atom. The molecule has 1 amide bonds. The van der Waals surface area contributed by atoms with Crippen molar-refractivity contribution < 1.29 is 4.79 Å². The van der Waals surface area contributed by atoms with Crippen LogP contribution in [-0.4, -0.2) is 10.5 Å². The first-order valence-corrected chi connectivity index (χ1v) is 10.2. The lowest BCUT2D eigenvalue weighted by atomic mass is 10.1. The molecule has 0 aliphatic rings. The fourth-order valence-corrected chi connectivity index (χ4v) is 3.74. The van der Waals surface area contributed by atoms with Crippen LogP contribution < -0.4 is 5.32 Å². The molecule has 0 bridgehead atoms. The van der Waals surface area contributed by atoms with Gasteiger partial charge >= 0.3 is 0 Å². The van der Waals surface area contributed by atoms with E-state index in [1.54, 1.807) is 49.4 Å². The highest BCUT2D eigenvalue weighted by atomic mass is 35.5. The number of hydrogen-bond donors (Lipinski definition) is 1. The predicted octanol–water partition coefficient (Wildman–Crippen LogP) is 6.91. The Labute approximate surface area is 190 Å². The first-order chi connectivity index (χ1) is 14.2. The Kier molecular flexibility index (Phi) is 6.58. The van der Waals surface area contributed by atoms with E-state index in [0.717, 1.165) is 28.2 Å². The maximum Gasteiger partial charge on any atom is 0.266 e. The van der Waals surface area contributed by atoms with Gasteiger partial charge in [-0.1, -0.05) is 40.9 Å². The topological polar surface area (TPSA) is 57.8 Å². The molecule has 0 atom stereocenters. The number of benzene rings is 2. The Morgan fingerprint density at radius 2 is 1.80 bits per heavy atom. The second-order valence-electron chi connectivity index (χ2n) is 6.79. The summed E-state index contributed by atoms with van der Waals surface area (Å²) in [4.78, 5) is 12.7. The molecule has 0 aliphatic heterocycles. The zero-order chi connectivity index (χ0) is 22.0. The minimum atomic E-state index is -0.506. The summed E-state index contributed by atoms with van der Waals surface area (Å²) in [5, 5.41) is 14.0. The molecule has 1 N–H and O–H groups in total. The Morgan fingerprint density at radius 3 is 2.50 bits per heavy atom. The number of aryl methyl sites for hydroxylation is 1. The van der Waals surface area contributed by atoms with E-state index in [2.05, 4.69) is 5.32 Å². The maximum absolute atomic E-state index is 12.7. The molecule has 152 valence electrons. The van der Waals surface area contributed by atoms with Gasteiger partial charge in [0.25, 0.3) is 5.91 Å². The van der Waals surface area contributed by atoms with Crippen molar-refractivity contribution in [3.8, 4) is 11.8 Å². The number of aromatic nitrogens is 1. The van der Waals surface area contributed by atoms with E-state index in [4.69, 9.17) is 34.8 Å². The van der Waals surface area contributed by atoms with Crippen LogP contribution in [0.5, 0.6) is 0 Å². The number of nitrogens with one attached hydrogen (secondary N) is 1. The second-order valence-corrected chi connectivity index (χ2v) is 8.04. The van der Waals surface area contributed by atoms with Gasteiger partial charge in [0, 0.05) is 27.1 Å². The van der Waals surface area contributed by atoms with Crippen molar-refractivity contribution in [3.05, 3.63) is 85.6 Å². The SMILES string of the molecule is Cc1c(Cl)cccc1NC(=O)/C(C#N)=C\c1cc(C)n(-c2cc(Cl)ccc2Cl)c1C. The minimum absolute atomic E-state index is 0.0215. The zero-order valence-electron chi connectivity index (χ0n) is 16.6. The van der Waals surface area contributed by atoms with E-state index in [9.17, 15) is 10.1 Å². The molecule has 1 aromatic heterocycles. The molecule has 0 saturated carbocycles. The molecule has 4 nitrogen and oxygen atoms in total. The van der Waals surface area contributed by atoms with Crippen molar-refractivity contribution in [2.45, 2.75) is 20.8 Å². The van der Waals surface area contributed by atoms with Gasteiger partial charge in [0.1, 0.15) is 11.6 Å². The molecule has 3 aromatic rings. The van der Waals surface area contributed by atoms with Crippen molar-refractivity contribution in [3.63, 3.8) is 0 Å². The van der Waals surface area contributed by atoms with Gasteiger partial charge in [-0.15, -0.1) is 0 Å². The summed E-state index contributed by atoms with van der Waals surface area (Å²) in [6.07, 6.45) is 1.56. The number of halogens is 3. The number of carbonyl (C=O) groups excluding carboxylic acids is 1. The van der Waals surface area contributed by atoms with Gasteiger partial charge < -0.3 is 9.88 Å². The number of nitriles is 1. The highest BCUT2D eigenvalue weighted by Crippen LogP contribution is 2.30. The van der Waals surface area contributed by atoms with E-state index in [1.807, 2.05) is 30.6 Å². The summed E-state index contributed by atoms with van der Waals surface area (Å²) in [6.45, 7) is 5.61. The normalized spacial score (nSPS) is 11.3. The highest BCUT2D eigenvalue weighted by molar-refractivity contribution is 6.34. The number of rotatable bonds is 4. The number of hydrogen-bond acceptors (Lipinski definition) is 2. The van der Waals surface area contributed by atoms with Crippen LogP contribution in [0.15, 0.2) is 48.0 Å². The van der Waals surface area contributed by atoms with E-state index < -0.39 is 5.91 Å². The Balaban J connectivity index is 1.99. The Bertz CT molecular complexity index is 1220. The number of anilines is 1. The summed E-state index contributed by atoms with van der Waals surface area (Å²) < 4.78 is 1.94. The van der Waals surface area contributed by atoms with Crippen molar-refractivity contribution in [2.75, 3.05) is 5.32 Å². The lowest BCUT2D eigenvalue weighted by Crippen LogP contribution is -2.14. The van der Waals surface area contributed by atoms with E-state index >= 15 is 0 Å². The predicted molar refractivity (Wildman–Crippen MR) is 124 cm³/mol. The van der Waals surface area contributed by atoms with Crippen LogP contribution in [0.4, 0.5) is 5.69 Å². The number of nitrogens with zero attached hydrogens (tertiary/aromatic N) is 2. The standard InChI is InChI=1S/C23H18Cl3N3O/c1-13-9-16(15(3)29(13)22-11-18(24)7-8-20(22)26)10-17(12-27)23(30)28-21-6-4-5-19(25)14(21)2/h4-11H,1-3H3,(H,28,30)/b17-10-. The molecule has 3 rings (SSSR count). The van der Waals surface area contributed by atoms with Gasteiger partial charge in [0.05, 0.1) is 10.7 Å². The summed E-state index contributed by atoms with van der Waals surface area (Å²) in [6, 6.07) is 14.3. The van der Waals surface area contributed by atoms with Gasteiger partial charge in [0.2, 0.25) is 0 Å². The summed E-state index contributed by atoms with van der Waals surface area (Å²) in [7, 11) is 0. The molecule has 30 heavy (non-hydrogen) atoms. The number of amides is 1. The highest BCUT2D eigenvalue weighted by Gasteiger charge is 2.16. The molecule has 1 heterocycles. The lowest BCUT2D eigenvalue weighted by molar-refractivity contribution is -0.112. The third kappa shape index (κ3) is 4.39. The van der Waals surface area contributed by atoms with Gasteiger partial charge in [-0.2, -0.15) is 5.26 Å². The Hall–Kier alpha value is -2.71. The molecule has 2 aromatic carbocycles. The van der Waals surface area contributed by atoms with Crippen LogP contribution in [0.1, 0.15) is 22.5 Å². The van der Waals surface area contributed by atoms with Crippen LogP contribution >= 0.6 is 34.8 Å². The molecule has 0 unspecified atom stereocenters. The quantitative estimate of drug-likeness (QED) is 0.341. The van der Waals surface area contributed by atoms with Crippen LogP contribution in [0, 0.1) is 32.1 Å². The molecule has 0 radical (unpaired) electrons. The zero-order valence-corrected chi connectivity index (χ0v) is 18.8.